The summed E-state index contributed by atoms with van der Waals surface area (Å²) in [5.41, 5.74) is 0. The molecule has 1 aliphatic rings. The van der Waals surface area contributed by atoms with Crippen molar-refractivity contribution >= 4 is 5.97 Å². The normalized spacial score (nSPS) is 20.1. The lowest BCUT2D eigenvalue weighted by atomic mass is 9.83. The number of hydrogen-bond donors (Lipinski definition) is 0. The Balaban J connectivity index is 2.30. The SMILES string of the molecule is CCCCCCCCC(CCCCCCCC)OC(=O)C1CCC(C)CC1. The van der Waals surface area contributed by atoms with E-state index in [1.165, 1.54) is 89.9 Å². The molecule has 160 valence electrons. The lowest BCUT2D eigenvalue weighted by Gasteiger charge is -2.27. The molecule has 2 heteroatoms. The van der Waals surface area contributed by atoms with Crippen molar-refractivity contribution < 1.29 is 9.53 Å². The highest BCUT2D eigenvalue weighted by Crippen LogP contribution is 2.30. The number of hydrogen-bond acceptors (Lipinski definition) is 2. The number of ether oxygens (including phenoxy) is 1. The van der Waals surface area contributed by atoms with Gasteiger partial charge in [-0.2, -0.15) is 0 Å². The maximum atomic E-state index is 12.6. The van der Waals surface area contributed by atoms with Crippen LogP contribution >= 0.6 is 0 Å². The number of esters is 1. The Kier molecular flexibility index (Phi) is 14.9. The smallest absolute Gasteiger partial charge is 0.309 e. The van der Waals surface area contributed by atoms with Crippen LogP contribution in [0.1, 0.15) is 136 Å². The summed E-state index contributed by atoms with van der Waals surface area (Å²) in [7, 11) is 0. The fourth-order valence-electron chi connectivity index (χ4n) is 4.32. The van der Waals surface area contributed by atoms with Crippen molar-refractivity contribution in [1.82, 2.24) is 0 Å². The maximum absolute atomic E-state index is 12.6. The molecule has 0 bridgehead atoms. The number of rotatable bonds is 16. The van der Waals surface area contributed by atoms with Gasteiger partial charge in [-0.25, -0.2) is 0 Å². The Morgan fingerprint density at radius 3 is 1.67 bits per heavy atom. The van der Waals surface area contributed by atoms with Crippen LogP contribution in [0.5, 0.6) is 0 Å². The summed E-state index contributed by atoms with van der Waals surface area (Å²) in [6, 6.07) is 0. The second kappa shape index (κ2) is 16.4. The van der Waals surface area contributed by atoms with Gasteiger partial charge in [-0.1, -0.05) is 85.0 Å². The van der Waals surface area contributed by atoms with E-state index in [1.54, 1.807) is 0 Å². The molecule has 0 unspecified atom stereocenters. The molecule has 0 atom stereocenters. The van der Waals surface area contributed by atoms with E-state index in [0.29, 0.717) is 0 Å². The first-order valence-electron chi connectivity index (χ1n) is 12.4. The van der Waals surface area contributed by atoms with Gasteiger partial charge in [-0.05, 0) is 57.3 Å². The second-order valence-corrected chi connectivity index (χ2v) is 9.13. The quantitative estimate of drug-likeness (QED) is 0.199. The van der Waals surface area contributed by atoms with Crippen LogP contribution in [0, 0.1) is 11.8 Å². The Labute approximate surface area is 170 Å². The van der Waals surface area contributed by atoms with Crippen molar-refractivity contribution in [1.29, 1.82) is 0 Å². The van der Waals surface area contributed by atoms with E-state index >= 15 is 0 Å². The van der Waals surface area contributed by atoms with Crippen molar-refractivity contribution in [2.75, 3.05) is 0 Å². The first-order chi connectivity index (χ1) is 13.2. The first kappa shape index (κ1) is 24.5. The van der Waals surface area contributed by atoms with Gasteiger partial charge < -0.3 is 4.74 Å². The molecule has 0 aromatic rings. The Morgan fingerprint density at radius 1 is 0.741 bits per heavy atom. The van der Waals surface area contributed by atoms with E-state index in [9.17, 15) is 4.79 Å². The van der Waals surface area contributed by atoms with Crippen LogP contribution in [0.3, 0.4) is 0 Å². The molecule has 0 aromatic heterocycles. The molecular weight excluding hydrogens is 332 g/mol. The first-order valence-corrected chi connectivity index (χ1v) is 12.4. The average Bonchev–Trinajstić information content (AvgIpc) is 2.67. The minimum atomic E-state index is 0.115. The summed E-state index contributed by atoms with van der Waals surface area (Å²) < 4.78 is 6.04. The van der Waals surface area contributed by atoms with Crippen LogP contribution in [-0.4, -0.2) is 12.1 Å². The van der Waals surface area contributed by atoms with Crippen LogP contribution in [-0.2, 0) is 9.53 Å². The molecule has 27 heavy (non-hydrogen) atoms. The van der Waals surface area contributed by atoms with Crippen molar-refractivity contribution in [2.24, 2.45) is 11.8 Å². The monoisotopic (exact) mass is 380 g/mol. The second-order valence-electron chi connectivity index (χ2n) is 9.13. The van der Waals surface area contributed by atoms with Crippen molar-refractivity contribution in [2.45, 2.75) is 142 Å². The van der Waals surface area contributed by atoms with Crippen molar-refractivity contribution in [3.05, 3.63) is 0 Å². The molecule has 1 saturated carbocycles. The zero-order chi connectivity index (χ0) is 19.7. The summed E-state index contributed by atoms with van der Waals surface area (Å²) in [4.78, 5) is 12.6. The standard InChI is InChI=1S/C25H48O2/c1-4-6-8-10-12-14-16-24(17-15-13-11-9-7-5-2)27-25(26)23-20-18-22(3)19-21-23/h22-24H,4-21H2,1-3H3. The molecule has 0 amide bonds. The van der Waals surface area contributed by atoms with E-state index in [1.807, 2.05) is 0 Å². The largest absolute Gasteiger partial charge is 0.462 e. The predicted molar refractivity (Wildman–Crippen MR) is 117 cm³/mol. The van der Waals surface area contributed by atoms with Gasteiger partial charge in [0.1, 0.15) is 6.10 Å². The van der Waals surface area contributed by atoms with Gasteiger partial charge in [0.05, 0.1) is 5.92 Å². The fraction of sp³-hybridized carbons (Fsp3) is 0.960. The third-order valence-corrected chi connectivity index (χ3v) is 6.39. The highest BCUT2D eigenvalue weighted by molar-refractivity contribution is 5.72. The molecule has 2 nitrogen and oxygen atoms in total. The number of carbonyl (C=O) groups is 1. The fourth-order valence-corrected chi connectivity index (χ4v) is 4.32. The zero-order valence-electron chi connectivity index (χ0n) is 18.8. The third-order valence-electron chi connectivity index (χ3n) is 6.39. The Hall–Kier alpha value is -0.530. The molecule has 1 aliphatic carbocycles. The minimum Gasteiger partial charge on any atom is -0.462 e. The Bertz CT molecular complexity index is 328. The topological polar surface area (TPSA) is 26.3 Å². The van der Waals surface area contributed by atoms with Gasteiger partial charge in [0.15, 0.2) is 0 Å². The van der Waals surface area contributed by atoms with E-state index < -0.39 is 0 Å². The van der Waals surface area contributed by atoms with Crippen molar-refractivity contribution in [3.8, 4) is 0 Å². The maximum Gasteiger partial charge on any atom is 0.309 e. The van der Waals surface area contributed by atoms with Crippen molar-refractivity contribution in [3.63, 3.8) is 0 Å². The van der Waals surface area contributed by atoms with Gasteiger partial charge in [-0.15, -0.1) is 0 Å². The van der Waals surface area contributed by atoms with Crippen LogP contribution in [0.15, 0.2) is 0 Å². The third kappa shape index (κ3) is 12.5. The number of unbranched alkanes of at least 4 members (excludes halogenated alkanes) is 10. The summed E-state index contributed by atoms with van der Waals surface area (Å²) in [6.07, 6.45) is 22.6. The van der Waals surface area contributed by atoms with E-state index in [0.717, 1.165) is 31.6 Å². The molecule has 0 aromatic carbocycles. The minimum absolute atomic E-state index is 0.115. The molecule has 0 N–H and O–H groups in total. The van der Waals surface area contributed by atoms with E-state index in [-0.39, 0.29) is 18.0 Å². The van der Waals surface area contributed by atoms with Gasteiger partial charge in [-0.3, -0.25) is 4.79 Å². The summed E-state index contributed by atoms with van der Waals surface area (Å²) >= 11 is 0. The van der Waals surface area contributed by atoms with Gasteiger partial charge >= 0.3 is 5.97 Å². The molecule has 0 saturated heterocycles. The van der Waals surface area contributed by atoms with E-state index in [2.05, 4.69) is 20.8 Å². The molecule has 1 rings (SSSR count). The average molecular weight is 381 g/mol. The van der Waals surface area contributed by atoms with Crippen LogP contribution in [0.4, 0.5) is 0 Å². The van der Waals surface area contributed by atoms with Gasteiger partial charge in [0.2, 0.25) is 0 Å². The molecule has 0 heterocycles. The highest BCUT2D eigenvalue weighted by atomic mass is 16.5. The Morgan fingerprint density at radius 2 is 1.19 bits per heavy atom. The van der Waals surface area contributed by atoms with Crippen LogP contribution < -0.4 is 0 Å². The van der Waals surface area contributed by atoms with Gasteiger partial charge in [0.25, 0.3) is 0 Å². The molecular formula is C25H48O2. The summed E-state index contributed by atoms with van der Waals surface area (Å²) in [5, 5.41) is 0. The molecule has 0 aliphatic heterocycles. The highest BCUT2D eigenvalue weighted by Gasteiger charge is 2.27. The molecule has 0 radical (unpaired) electrons. The van der Waals surface area contributed by atoms with E-state index in [4.69, 9.17) is 4.74 Å². The lowest BCUT2D eigenvalue weighted by Crippen LogP contribution is -2.27. The molecule has 1 fully saturated rings. The number of carbonyl (C=O) groups excluding carboxylic acids is 1. The molecule has 0 spiro atoms. The zero-order valence-corrected chi connectivity index (χ0v) is 18.8. The predicted octanol–water partition coefficient (Wildman–Crippen LogP) is 8.23. The summed E-state index contributed by atoms with van der Waals surface area (Å²) in [6.45, 7) is 6.84. The van der Waals surface area contributed by atoms with Crippen LogP contribution in [0.2, 0.25) is 0 Å². The summed E-state index contributed by atoms with van der Waals surface area (Å²) in [5.74, 6) is 1.08. The lowest BCUT2D eigenvalue weighted by molar-refractivity contribution is -0.156. The van der Waals surface area contributed by atoms with Gasteiger partial charge in [0, 0.05) is 0 Å². The van der Waals surface area contributed by atoms with Crippen LogP contribution in [0.25, 0.3) is 0 Å².